The highest BCUT2D eigenvalue weighted by molar-refractivity contribution is 5.76. The number of likely N-dealkylation sites (N-methyl/N-ethyl adjacent to an activating group) is 1. The standard InChI is InChI=1S/C13H20N4O/c1-16-8-10(2-5-13(16)18)15-7-12-6-14-9-17(12)11-3-4-11/h6,9-11,15H,2-5,7-8H2,1H3. The number of likely N-dealkylation sites (tertiary alicyclic amines) is 1. The van der Waals surface area contributed by atoms with Crippen LogP contribution in [-0.2, 0) is 11.3 Å². The highest BCUT2D eigenvalue weighted by Gasteiger charge is 2.26. The van der Waals surface area contributed by atoms with E-state index in [1.807, 2.05) is 24.5 Å². The molecular weight excluding hydrogens is 228 g/mol. The van der Waals surface area contributed by atoms with Crippen molar-refractivity contribution in [3.63, 3.8) is 0 Å². The minimum atomic E-state index is 0.260. The molecule has 0 spiro atoms. The normalized spacial score (nSPS) is 24.6. The van der Waals surface area contributed by atoms with E-state index in [-0.39, 0.29) is 5.91 Å². The Balaban J connectivity index is 1.54. The topological polar surface area (TPSA) is 50.2 Å². The maximum atomic E-state index is 11.4. The number of rotatable bonds is 4. The summed E-state index contributed by atoms with van der Waals surface area (Å²) in [5, 5.41) is 3.54. The first-order valence-electron chi connectivity index (χ1n) is 6.72. The average Bonchev–Trinajstić information content (AvgIpc) is 3.10. The maximum absolute atomic E-state index is 11.4. The van der Waals surface area contributed by atoms with Gasteiger partial charge in [0, 0.05) is 44.8 Å². The molecule has 0 radical (unpaired) electrons. The lowest BCUT2D eigenvalue weighted by Crippen LogP contribution is -2.46. The lowest BCUT2D eigenvalue weighted by atomic mass is 10.1. The second-order valence-electron chi connectivity index (χ2n) is 5.41. The largest absolute Gasteiger partial charge is 0.344 e. The Kier molecular flexibility index (Phi) is 3.07. The summed E-state index contributed by atoms with van der Waals surface area (Å²) in [4.78, 5) is 17.5. The van der Waals surface area contributed by atoms with E-state index in [1.54, 1.807) is 0 Å². The zero-order valence-corrected chi connectivity index (χ0v) is 10.8. The number of nitrogens with zero attached hydrogens (tertiary/aromatic N) is 3. The summed E-state index contributed by atoms with van der Waals surface area (Å²) in [7, 11) is 1.88. The Hall–Kier alpha value is -1.36. The Morgan fingerprint density at radius 1 is 1.44 bits per heavy atom. The number of amides is 1. The Morgan fingerprint density at radius 3 is 3.00 bits per heavy atom. The molecule has 1 aromatic heterocycles. The van der Waals surface area contributed by atoms with Gasteiger partial charge in [-0.25, -0.2) is 4.98 Å². The molecule has 18 heavy (non-hydrogen) atoms. The molecule has 2 fully saturated rings. The molecule has 1 unspecified atom stereocenters. The van der Waals surface area contributed by atoms with E-state index in [4.69, 9.17) is 0 Å². The zero-order chi connectivity index (χ0) is 12.5. The van der Waals surface area contributed by atoms with Crippen LogP contribution in [0.15, 0.2) is 12.5 Å². The summed E-state index contributed by atoms with van der Waals surface area (Å²) in [5.41, 5.74) is 1.26. The van der Waals surface area contributed by atoms with Crippen LogP contribution in [-0.4, -0.2) is 40.0 Å². The van der Waals surface area contributed by atoms with E-state index >= 15 is 0 Å². The van der Waals surface area contributed by atoms with E-state index in [0.29, 0.717) is 18.5 Å². The number of hydrogen-bond acceptors (Lipinski definition) is 3. The van der Waals surface area contributed by atoms with Crippen LogP contribution in [0.4, 0.5) is 0 Å². The van der Waals surface area contributed by atoms with Crippen LogP contribution in [0.3, 0.4) is 0 Å². The number of piperidine rings is 1. The fraction of sp³-hybridized carbons (Fsp3) is 0.692. The number of imidazole rings is 1. The first kappa shape index (κ1) is 11.7. The maximum Gasteiger partial charge on any atom is 0.222 e. The predicted octanol–water partition coefficient (Wildman–Crippen LogP) is 0.928. The summed E-state index contributed by atoms with van der Waals surface area (Å²) in [6.07, 6.45) is 8.05. The molecule has 1 saturated carbocycles. The molecule has 1 saturated heterocycles. The molecule has 1 aliphatic carbocycles. The highest BCUT2D eigenvalue weighted by Crippen LogP contribution is 2.35. The minimum Gasteiger partial charge on any atom is -0.344 e. The van der Waals surface area contributed by atoms with E-state index in [9.17, 15) is 4.79 Å². The quantitative estimate of drug-likeness (QED) is 0.862. The van der Waals surface area contributed by atoms with E-state index in [2.05, 4.69) is 14.9 Å². The van der Waals surface area contributed by atoms with Crippen LogP contribution in [0.25, 0.3) is 0 Å². The van der Waals surface area contributed by atoms with Crippen molar-refractivity contribution in [2.75, 3.05) is 13.6 Å². The van der Waals surface area contributed by atoms with Crippen LogP contribution in [0.1, 0.15) is 37.4 Å². The SMILES string of the molecule is CN1CC(NCc2cncn2C2CC2)CCC1=O. The summed E-state index contributed by atoms with van der Waals surface area (Å²) in [5.74, 6) is 0.260. The molecule has 5 heteroatoms. The van der Waals surface area contributed by atoms with Crippen molar-refractivity contribution >= 4 is 5.91 Å². The van der Waals surface area contributed by atoms with E-state index in [0.717, 1.165) is 19.5 Å². The molecule has 0 bridgehead atoms. The molecule has 1 amide bonds. The van der Waals surface area contributed by atoms with E-state index in [1.165, 1.54) is 18.5 Å². The molecule has 1 atom stereocenters. The van der Waals surface area contributed by atoms with Gasteiger partial charge in [0.05, 0.1) is 12.0 Å². The van der Waals surface area contributed by atoms with Gasteiger partial charge in [0.2, 0.25) is 5.91 Å². The summed E-state index contributed by atoms with van der Waals surface area (Å²) in [6, 6.07) is 1.09. The first-order valence-corrected chi connectivity index (χ1v) is 6.72. The van der Waals surface area contributed by atoms with Gasteiger partial charge >= 0.3 is 0 Å². The monoisotopic (exact) mass is 248 g/mol. The molecule has 5 nitrogen and oxygen atoms in total. The molecule has 1 aliphatic heterocycles. The molecular formula is C13H20N4O. The Morgan fingerprint density at radius 2 is 2.28 bits per heavy atom. The number of carbonyl (C=O) groups excluding carboxylic acids is 1. The third kappa shape index (κ3) is 2.41. The van der Waals surface area contributed by atoms with Gasteiger partial charge in [-0.3, -0.25) is 4.79 Å². The summed E-state index contributed by atoms with van der Waals surface area (Å²) >= 11 is 0. The summed E-state index contributed by atoms with van der Waals surface area (Å²) < 4.78 is 2.28. The molecule has 0 aromatic carbocycles. The molecule has 3 rings (SSSR count). The van der Waals surface area contributed by atoms with Crippen molar-refractivity contribution in [1.82, 2.24) is 19.8 Å². The lowest BCUT2D eigenvalue weighted by molar-refractivity contribution is -0.132. The van der Waals surface area contributed by atoms with Crippen LogP contribution in [0.2, 0.25) is 0 Å². The van der Waals surface area contributed by atoms with Crippen molar-refractivity contribution in [3.05, 3.63) is 18.2 Å². The van der Waals surface area contributed by atoms with Crippen LogP contribution in [0.5, 0.6) is 0 Å². The lowest BCUT2D eigenvalue weighted by Gasteiger charge is -2.30. The average molecular weight is 248 g/mol. The third-order valence-electron chi connectivity index (χ3n) is 3.89. The second kappa shape index (κ2) is 4.72. The number of carbonyl (C=O) groups is 1. The predicted molar refractivity (Wildman–Crippen MR) is 68.0 cm³/mol. The van der Waals surface area contributed by atoms with Crippen LogP contribution in [0, 0.1) is 0 Å². The molecule has 1 aromatic rings. The van der Waals surface area contributed by atoms with Crippen molar-refractivity contribution in [1.29, 1.82) is 0 Å². The number of aromatic nitrogens is 2. The minimum absolute atomic E-state index is 0.260. The van der Waals surface area contributed by atoms with Gasteiger partial charge in [-0.1, -0.05) is 0 Å². The van der Waals surface area contributed by atoms with Gasteiger partial charge in [-0.15, -0.1) is 0 Å². The van der Waals surface area contributed by atoms with Crippen molar-refractivity contribution in [3.8, 4) is 0 Å². The molecule has 2 aliphatic rings. The van der Waals surface area contributed by atoms with Gasteiger partial charge in [0.15, 0.2) is 0 Å². The van der Waals surface area contributed by atoms with Gasteiger partial charge in [-0.05, 0) is 19.3 Å². The van der Waals surface area contributed by atoms with Gasteiger partial charge in [0.1, 0.15) is 0 Å². The van der Waals surface area contributed by atoms with Gasteiger partial charge in [-0.2, -0.15) is 0 Å². The fourth-order valence-electron chi connectivity index (χ4n) is 2.58. The summed E-state index contributed by atoms with van der Waals surface area (Å²) in [6.45, 7) is 1.67. The number of hydrogen-bond donors (Lipinski definition) is 1. The van der Waals surface area contributed by atoms with Crippen LogP contribution < -0.4 is 5.32 Å². The zero-order valence-electron chi connectivity index (χ0n) is 10.8. The van der Waals surface area contributed by atoms with Gasteiger partial charge < -0.3 is 14.8 Å². The number of nitrogens with one attached hydrogen (secondary N) is 1. The smallest absolute Gasteiger partial charge is 0.222 e. The molecule has 98 valence electrons. The molecule has 1 N–H and O–H groups in total. The van der Waals surface area contributed by atoms with Crippen LogP contribution >= 0.6 is 0 Å². The molecule has 2 heterocycles. The Bertz CT molecular complexity index is 438. The highest BCUT2D eigenvalue weighted by atomic mass is 16.2. The van der Waals surface area contributed by atoms with Crippen molar-refractivity contribution in [2.45, 2.75) is 44.3 Å². The first-order chi connectivity index (χ1) is 8.74. The van der Waals surface area contributed by atoms with E-state index < -0.39 is 0 Å². The van der Waals surface area contributed by atoms with Gasteiger partial charge in [0.25, 0.3) is 0 Å². The Labute approximate surface area is 107 Å². The third-order valence-corrected chi connectivity index (χ3v) is 3.89. The second-order valence-corrected chi connectivity index (χ2v) is 5.41. The van der Waals surface area contributed by atoms with Crippen molar-refractivity contribution in [2.24, 2.45) is 0 Å². The fourth-order valence-corrected chi connectivity index (χ4v) is 2.58. The van der Waals surface area contributed by atoms with Crippen molar-refractivity contribution < 1.29 is 4.79 Å².